The minimum absolute atomic E-state index is 0.0101. The molecule has 7 nitrogen and oxygen atoms in total. The van der Waals surface area contributed by atoms with E-state index in [9.17, 15) is 13.2 Å². The zero-order chi connectivity index (χ0) is 18.0. The van der Waals surface area contributed by atoms with Crippen LogP contribution in [0.4, 0.5) is 0 Å². The molecule has 1 aliphatic heterocycles. The Morgan fingerprint density at radius 2 is 2.08 bits per heavy atom. The molecular formula is C16H21N3O4S2. The first-order valence-corrected chi connectivity index (χ1v) is 10.9. The molecule has 1 aliphatic rings. The topological polar surface area (TPSA) is 93.4 Å². The van der Waals surface area contributed by atoms with E-state index in [0.29, 0.717) is 5.82 Å². The average molecular weight is 383 g/mol. The Hall–Kier alpha value is -1.74. The minimum atomic E-state index is -3.67. The Kier molecular flexibility index (Phi) is 5.24. The second kappa shape index (κ2) is 7.25. The lowest BCUT2D eigenvalue weighted by Gasteiger charge is -2.39. The molecule has 0 radical (unpaired) electrons. The number of hydrogen-bond acceptors (Lipinski definition) is 7. The molecule has 1 amide bonds. The summed E-state index contributed by atoms with van der Waals surface area (Å²) in [5.41, 5.74) is 0. The van der Waals surface area contributed by atoms with Crippen LogP contribution < -0.4 is 0 Å². The van der Waals surface area contributed by atoms with Crippen LogP contribution in [0.3, 0.4) is 0 Å². The van der Waals surface area contributed by atoms with Gasteiger partial charge >= 0.3 is 0 Å². The van der Waals surface area contributed by atoms with Crippen molar-refractivity contribution in [2.45, 2.75) is 50.9 Å². The van der Waals surface area contributed by atoms with E-state index in [4.69, 9.17) is 4.52 Å². The van der Waals surface area contributed by atoms with Crippen molar-refractivity contribution in [2.24, 2.45) is 0 Å². The molecule has 136 valence electrons. The minimum Gasteiger partial charge on any atom is -0.338 e. The van der Waals surface area contributed by atoms with Gasteiger partial charge < -0.3 is 9.42 Å². The van der Waals surface area contributed by atoms with Crippen molar-refractivity contribution in [3.05, 3.63) is 23.4 Å². The van der Waals surface area contributed by atoms with Gasteiger partial charge in [0.1, 0.15) is 11.5 Å². The molecule has 3 heterocycles. The van der Waals surface area contributed by atoms with E-state index in [-0.39, 0.29) is 23.9 Å². The third-order valence-electron chi connectivity index (χ3n) is 4.38. The fourth-order valence-corrected chi connectivity index (χ4v) is 5.00. The molecule has 2 atom stereocenters. The maximum absolute atomic E-state index is 12.5. The molecule has 0 unspecified atom stereocenters. The molecule has 0 N–H and O–H groups in total. The number of carbonyl (C=O) groups excluding carboxylic acids is 1. The second-order valence-electron chi connectivity index (χ2n) is 6.45. The maximum atomic E-state index is 12.5. The number of likely N-dealkylation sites (tertiary alicyclic amines) is 1. The lowest BCUT2D eigenvalue weighted by atomic mass is 9.98. The lowest BCUT2D eigenvalue weighted by molar-refractivity contribution is -0.134. The Morgan fingerprint density at radius 3 is 2.72 bits per heavy atom. The van der Waals surface area contributed by atoms with Gasteiger partial charge in [0.15, 0.2) is 9.84 Å². The van der Waals surface area contributed by atoms with Crippen molar-refractivity contribution in [3.63, 3.8) is 0 Å². The molecule has 0 bridgehead atoms. The van der Waals surface area contributed by atoms with E-state index in [1.54, 1.807) is 4.90 Å². The van der Waals surface area contributed by atoms with Gasteiger partial charge in [-0.05, 0) is 44.6 Å². The van der Waals surface area contributed by atoms with Gasteiger partial charge in [0, 0.05) is 12.1 Å². The van der Waals surface area contributed by atoms with Crippen molar-refractivity contribution in [1.29, 1.82) is 0 Å². The molecule has 9 heteroatoms. The molecule has 0 aromatic carbocycles. The van der Waals surface area contributed by atoms with Crippen LogP contribution in [0, 0.1) is 0 Å². The normalized spacial score (nSPS) is 21.4. The van der Waals surface area contributed by atoms with E-state index in [0.717, 1.165) is 24.1 Å². The largest absolute Gasteiger partial charge is 0.338 e. The standard InChI is InChI=1S/C16H21N3O4S2/c1-11-5-3-6-12(2)19(11)15(20)10-25(21,22)9-14-17-16(18-23-14)13-7-4-8-24-13/h4,7-8,11-12H,3,5-6,9-10H2,1-2H3/t11-,12-/m0/s1. The number of aromatic nitrogens is 2. The van der Waals surface area contributed by atoms with E-state index in [1.165, 1.54) is 11.3 Å². The summed E-state index contributed by atoms with van der Waals surface area (Å²) in [6.45, 7) is 3.93. The van der Waals surface area contributed by atoms with Gasteiger partial charge in [-0.1, -0.05) is 11.2 Å². The first-order chi connectivity index (χ1) is 11.9. The summed E-state index contributed by atoms with van der Waals surface area (Å²) in [7, 11) is -3.67. The highest BCUT2D eigenvalue weighted by molar-refractivity contribution is 7.91. The average Bonchev–Trinajstić information content (AvgIpc) is 3.16. The van der Waals surface area contributed by atoms with Crippen LogP contribution in [-0.4, -0.2) is 47.2 Å². The van der Waals surface area contributed by atoms with Crippen LogP contribution >= 0.6 is 11.3 Å². The highest BCUT2D eigenvalue weighted by atomic mass is 32.2. The first-order valence-electron chi connectivity index (χ1n) is 8.24. The predicted molar refractivity (Wildman–Crippen MR) is 94.7 cm³/mol. The highest BCUT2D eigenvalue weighted by Crippen LogP contribution is 2.24. The molecule has 1 saturated heterocycles. The number of sulfone groups is 1. The van der Waals surface area contributed by atoms with Crippen molar-refractivity contribution >= 4 is 27.1 Å². The summed E-state index contributed by atoms with van der Waals surface area (Å²) < 4.78 is 29.8. The van der Waals surface area contributed by atoms with E-state index in [2.05, 4.69) is 10.1 Å². The fourth-order valence-electron chi connectivity index (χ4n) is 3.23. The van der Waals surface area contributed by atoms with E-state index >= 15 is 0 Å². The summed E-state index contributed by atoms with van der Waals surface area (Å²) in [4.78, 5) is 19.1. The van der Waals surface area contributed by atoms with Gasteiger partial charge in [0.05, 0.1) is 4.88 Å². The van der Waals surface area contributed by atoms with Gasteiger partial charge in [-0.15, -0.1) is 11.3 Å². The Morgan fingerprint density at radius 1 is 1.36 bits per heavy atom. The molecular weight excluding hydrogens is 362 g/mol. The molecule has 3 rings (SSSR count). The van der Waals surface area contributed by atoms with Crippen LogP contribution in [0.25, 0.3) is 10.7 Å². The fraction of sp³-hybridized carbons (Fsp3) is 0.562. The monoisotopic (exact) mass is 383 g/mol. The van der Waals surface area contributed by atoms with E-state index in [1.807, 2.05) is 31.4 Å². The third-order valence-corrected chi connectivity index (χ3v) is 6.62. The molecule has 1 fully saturated rings. The van der Waals surface area contributed by atoms with Crippen molar-refractivity contribution in [1.82, 2.24) is 15.0 Å². The molecule has 25 heavy (non-hydrogen) atoms. The number of thiophene rings is 1. The summed E-state index contributed by atoms with van der Waals surface area (Å²) in [6.07, 6.45) is 2.88. The predicted octanol–water partition coefficient (Wildman–Crippen LogP) is 2.50. The van der Waals surface area contributed by atoms with Crippen LogP contribution in [0.1, 0.15) is 39.0 Å². The Bertz CT molecular complexity index is 819. The smallest absolute Gasteiger partial charge is 0.242 e. The zero-order valence-electron chi connectivity index (χ0n) is 14.2. The summed E-state index contributed by atoms with van der Waals surface area (Å²) in [5.74, 6) is -0.926. The molecule has 2 aromatic heterocycles. The first kappa shape index (κ1) is 18.1. The number of carbonyl (C=O) groups is 1. The van der Waals surface area contributed by atoms with Gasteiger partial charge in [0.25, 0.3) is 0 Å². The summed E-state index contributed by atoms with van der Waals surface area (Å²) >= 11 is 1.44. The highest BCUT2D eigenvalue weighted by Gasteiger charge is 2.32. The quantitative estimate of drug-likeness (QED) is 0.787. The Balaban J connectivity index is 1.67. The van der Waals surface area contributed by atoms with Crippen molar-refractivity contribution in [3.8, 4) is 10.7 Å². The van der Waals surface area contributed by atoms with Crippen LogP contribution in [0.5, 0.6) is 0 Å². The van der Waals surface area contributed by atoms with Gasteiger partial charge in [-0.3, -0.25) is 4.79 Å². The lowest BCUT2D eigenvalue weighted by Crippen LogP contribution is -2.49. The van der Waals surface area contributed by atoms with Crippen molar-refractivity contribution in [2.75, 3.05) is 5.75 Å². The number of rotatable bonds is 5. The number of piperidine rings is 1. The third kappa shape index (κ3) is 4.27. The SMILES string of the molecule is C[C@H]1CCC[C@H](C)N1C(=O)CS(=O)(=O)Cc1nc(-c2cccs2)no1. The number of amides is 1. The van der Waals surface area contributed by atoms with Crippen LogP contribution in [0.2, 0.25) is 0 Å². The zero-order valence-corrected chi connectivity index (χ0v) is 15.8. The Labute approximate surface area is 151 Å². The molecule has 2 aromatic rings. The summed E-state index contributed by atoms with van der Waals surface area (Å²) in [6, 6.07) is 3.82. The van der Waals surface area contributed by atoms with Gasteiger partial charge in [0.2, 0.25) is 17.6 Å². The maximum Gasteiger partial charge on any atom is 0.242 e. The molecule has 0 saturated carbocycles. The van der Waals surface area contributed by atoms with Crippen LogP contribution in [0.15, 0.2) is 22.0 Å². The number of nitrogens with zero attached hydrogens (tertiary/aromatic N) is 3. The molecule has 0 spiro atoms. The van der Waals surface area contributed by atoms with Crippen LogP contribution in [-0.2, 0) is 20.4 Å². The van der Waals surface area contributed by atoms with E-state index < -0.39 is 21.3 Å². The molecule has 0 aliphatic carbocycles. The summed E-state index contributed by atoms with van der Waals surface area (Å²) in [5, 5.41) is 5.68. The van der Waals surface area contributed by atoms with Gasteiger partial charge in [-0.2, -0.15) is 4.98 Å². The number of hydrogen-bond donors (Lipinski definition) is 0. The second-order valence-corrected chi connectivity index (χ2v) is 9.46. The van der Waals surface area contributed by atoms with Crippen molar-refractivity contribution < 1.29 is 17.7 Å². The van der Waals surface area contributed by atoms with Gasteiger partial charge in [-0.25, -0.2) is 8.42 Å².